The summed E-state index contributed by atoms with van der Waals surface area (Å²) in [6.07, 6.45) is 3.10. The highest BCUT2D eigenvalue weighted by molar-refractivity contribution is 6.08. The fraction of sp³-hybridized carbons (Fsp3) is 0.182. The van der Waals surface area contributed by atoms with Crippen LogP contribution in [-0.2, 0) is 0 Å². The van der Waals surface area contributed by atoms with Crippen molar-refractivity contribution < 1.29 is 4.74 Å². The summed E-state index contributed by atoms with van der Waals surface area (Å²) in [6, 6.07) is 7.60. The molecule has 0 saturated heterocycles. The van der Waals surface area contributed by atoms with Gasteiger partial charge in [-0.25, -0.2) is 0 Å². The maximum Gasteiger partial charge on any atom is 0.118 e. The van der Waals surface area contributed by atoms with Crippen LogP contribution in [0.15, 0.2) is 30.5 Å². The van der Waals surface area contributed by atoms with E-state index in [1.54, 1.807) is 13.3 Å². The number of allylic oxidation sites excluding steroid dienone is 1. The molecule has 0 amide bonds. The largest absolute Gasteiger partial charge is 0.497 e. The summed E-state index contributed by atoms with van der Waals surface area (Å²) in [7, 11) is 3.45. The maximum atomic E-state index is 7.23. The zero-order chi connectivity index (χ0) is 10.4. The molecule has 14 heavy (non-hydrogen) atoms. The average molecular weight is 190 g/mol. The van der Waals surface area contributed by atoms with Crippen LogP contribution < -0.4 is 10.1 Å². The number of nitrogens with one attached hydrogen (secondary N) is 2. The van der Waals surface area contributed by atoms with Crippen LogP contribution >= 0.6 is 0 Å². The summed E-state index contributed by atoms with van der Waals surface area (Å²) in [5, 5.41) is 10.1. The summed E-state index contributed by atoms with van der Waals surface area (Å²) in [5.41, 5.74) is 1.84. The van der Waals surface area contributed by atoms with Gasteiger partial charge in [0.25, 0.3) is 0 Å². The Bertz CT molecular complexity index is 328. The second-order valence-electron chi connectivity index (χ2n) is 2.76. The lowest BCUT2D eigenvalue weighted by molar-refractivity contribution is 0.415. The molecule has 0 bridgehead atoms. The minimum Gasteiger partial charge on any atom is -0.497 e. The maximum absolute atomic E-state index is 7.23. The highest BCUT2D eigenvalue weighted by Crippen LogP contribution is 2.16. The van der Waals surface area contributed by atoms with Crippen LogP contribution in [0.5, 0.6) is 5.75 Å². The van der Waals surface area contributed by atoms with Crippen molar-refractivity contribution in [2.24, 2.45) is 0 Å². The van der Waals surface area contributed by atoms with Crippen LogP contribution in [0.4, 0.5) is 0 Å². The van der Waals surface area contributed by atoms with Crippen LogP contribution in [0.2, 0.25) is 0 Å². The van der Waals surface area contributed by atoms with Crippen LogP contribution in [0.1, 0.15) is 5.56 Å². The molecule has 0 heterocycles. The first kappa shape index (κ1) is 10.3. The van der Waals surface area contributed by atoms with Crippen LogP contribution in [0.3, 0.4) is 0 Å². The Labute approximate surface area is 83.9 Å². The van der Waals surface area contributed by atoms with Crippen molar-refractivity contribution >= 4 is 11.8 Å². The van der Waals surface area contributed by atoms with E-state index in [4.69, 9.17) is 10.1 Å². The third kappa shape index (κ3) is 2.36. The Kier molecular flexibility index (Phi) is 3.73. The predicted molar refractivity (Wildman–Crippen MR) is 58.8 cm³/mol. The molecule has 2 N–H and O–H groups in total. The van der Waals surface area contributed by atoms with Crippen LogP contribution in [-0.4, -0.2) is 20.4 Å². The summed E-state index contributed by atoms with van der Waals surface area (Å²) in [6.45, 7) is 0. The van der Waals surface area contributed by atoms with Crippen LogP contribution in [0, 0.1) is 5.41 Å². The molecular weight excluding hydrogens is 176 g/mol. The quantitative estimate of drug-likeness (QED) is 0.712. The molecule has 74 valence electrons. The summed E-state index contributed by atoms with van der Waals surface area (Å²) < 4.78 is 5.05. The normalized spacial score (nSPS) is 10.9. The van der Waals surface area contributed by atoms with E-state index in [0.29, 0.717) is 0 Å². The van der Waals surface area contributed by atoms with Gasteiger partial charge in [-0.2, -0.15) is 0 Å². The number of ether oxygens (including phenoxy) is 1. The zero-order valence-electron chi connectivity index (χ0n) is 8.37. The minimum absolute atomic E-state index is 0.822. The Hall–Kier alpha value is -1.77. The molecule has 0 aliphatic rings. The molecule has 0 aromatic heterocycles. The van der Waals surface area contributed by atoms with E-state index < -0.39 is 0 Å². The topological polar surface area (TPSA) is 45.1 Å². The summed E-state index contributed by atoms with van der Waals surface area (Å²) in [4.78, 5) is 0. The number of hydrogen-bond donors (Lipinski definition) is 2. The number of benzene rings is 1. The molecule has 1 rings (SSSR count). The van der Waals surface area contributed by atoms with Gasteiger partial charge in [-0.3, -0.25) is 0 Å². The second kappa shape index (κ2) is 5.07. The first-order valence-corrected chi connectivity index (χ1v) is 4.34. The minimum atomic E-state index is 0.822. The van der Waals surface area contributed by atoms with Gasteiger partial charge in [0.2, 0.25) is 0 Å². The van der Waals surface area contributed by atoms with Crippen molar-refractivity contribution in [2.45, 2.75) is 0 Å². The van der Waals surface area contributed by atoms with E-state index in [1.807, 2.05) is 31.3 Å². The molecule has 0 saturated carbocycles. The van der Waals surface area contributed by atoms with Gasteiger partial charge >= 0.3 is 0 Å². The predicted octanol–water partition coefficient (Wildman–Crippen LogP) is 1.91. The molecule has 0 fully saturated rings. The highest BCUT2D eigenvalue weighted by atomic mass is 16.5. The second-order valence-corrected chi connectivity index (χ2v) is 2.76. The van der Waals surface area contributed by atoms with Crippen molar-refractivity contribution in [3.63, 3.8) is 0 Å². The number of methoxy groups -OCH3 is 1. The van der Waals surface area contributed by atoms with E-state index in [9.17, 15) is 0 Å². The van der Waals surface area contributed by atoms with Gasteiger partial charge in [-0.1, -0.05) is 12.1 Å². The van der Waals surface area contributed by atoms with Gasteiger partial charge in [0.15, 0.2) is 0 Å². The number of hydrogen-bond acceptors (Lipinski definition) is 3. The third-order valence-corrected chi connectivity index (χ3v) is 1.88. The Balaban J connectivity index is 2.95. The summed E-state index contributed by atoms with van der Waals surface area (Å²) >= 11 is 0. The SMILES string of the molecule is CN/C=C(\C=N)c1ccc(OC)cc1. The molecule has 1 aromatic rings. The van der Waals surface area contributed by atoms with Crippen molar-refractivity contribution in [3.8, 4) is 5.75 Å². The zero-order valence-corrected chi connectivity index (χ0v) is 8.37. The van der Waals surface area contributed by atoms with Gasteiger partial charge in [-0.05, 0) is 17.7 Å². The molecule has 0 unspecified atom stereocenters. The smallest absolute Gasteiger partial charge is 0.118 e. The molecule has 0 atom stereocenters. The van der Waals surface area contributed by atoms with Crippen LogP contribution in [0.25, 0.3) is 5.57 Å². The fourth-order valence-electron chi connectivity index (χ4n) is 1.15. The van der Waals surface area contributed by atoms with E-state index in [1.165, 1.54) is 6.21 Å². The van der Waals surface area contributed by atoms with Gasteiger partial charge in [0.05, 0.1) is 7.11 Å². The molecule has 0 aliphatic carbocycles. The Morgan fingerprint density at radius 3 is 2.43 bits per heavy atom. The highest BCUT2D eigenvalue weighted by Gasteiger charge is 1.97. The van der Waals surface area contributed by atoms with Crippen molar-refractivity contribution in [1.29, 1.82) is 5.41 Å². The van der Waals surface area contributed by atoms with Gasteiger partial charge < -0.3 is 15.5 Å². The number of rotatable bonds is 4. The standard InChI is InChI=1S/C11H14N2O/c1-13-8-10(7-12)9-3-5-11(14-2)6-4-9/h3-8,12-13H,1-2H3/b10-8+,12-7?. The van der Waals surface area contributed by atoms with E-state index in [2.05, 4.69) is 5.32 Å². The van der Waals surface area contributed by atoms with Gasteiger partial charge in [-0.15, -0.1) is 0 Å². The monoisotopic (exact) mass is 190 g/mol. The van der Waals surface area contributed by atoms with Crippen molar-refractivity contribution in [1.82, 2.24) is 5.32 Å². The lowest BCUT2D eigenvalue weighted by atomic mass is 10.1. The first-order valence-electron chi connectivity index (χ1n) is 4.34. The summed E-state index contributed by atoms with van der Waals surface area (Å²) in [5.74, 6) is 0.822. The third-order valence-electron chi connectivity index (χ3n) is 1.88. The molecule has 0 spiro atoms. The Morgan fingerprint density at radius 1 is 1.36 bits per heavy atom. The molecule has 0 radical (unpaired) electrons. The molecule has 3 nitrogen and oxygen atoms in total. The molecule has 1 aromatic carbocycles. The van der Waals surface area contributed by atoms with E-state index in [0.717, 1.165) is 16.9 Å². The van der Waals surface area contributed by atoms with Crippen molar-refractivity contribution in [2.75, 3.05) is 14.2 Å². The Morgan fingerprint density at radius 2 is 2.00 bits per heavy atom. The first-order chi connectivity index (χ1) is 6.81. The van der Waals surface area contributed by atoms with Crippen molar-refractivity contribution in [3.05, 3.63) is 36.0 Å². The fourth-order valence-corrected chi connectivity index (χ4v) is 1.15. The van der Waals surface area contributed by atoms with E-state index in [-0.39, 0.29) is 0 Å². The average Bonchev–Trinajstić information content (AvgIpc) is 2.26. The van der Waals surface area contributed by atoms with E-state index >= 15 is 0 Å². The molecular formula is C11H14N2O. The van der Waals surface area contributed by atoms with Gasteiger partial charge in [0.1, 0.15) is 5.75 Å². The van der Waals surface area contributed by atoms with Gasteiger partial charge in [0, 0.05) is 25.0 Å². The molecule has 0 aliphatic heterocycles. The lowest BCUT2D eigenvalue weighted by Gasteiger charge is -2.03. The lowest BCUT2D eigenvalue weighted by Crippen LogP contribution is -1.97. The molecule has 3 heteroatoms.